The van der Waals surface area contributed by atoms with E-state index in [-0.39, 0.29) is 11.8 Å². The SMILES string of the molecule is O=C(CC1CCNCC1)NCCC(=O)NC1CC1. The molecule has 1 saturated heterocycles. The first-order valence-electron chi connectivity index (χ1n) is 7.01. The van der Waals surface area contributed by atoms with Crippen LogP contribution in [-0.2, 0) is 9.59 Å². The van der Waals surface area contributed by atoms with Crippen LogP contribution in [0, 0.1) is 5.92 Å². The first-order chi connectivity index (χ1) is 8.74. The van der Waals surface area contributed by atoms with Crippen molar-refractivity contribution in [1.29, 1.82) is 0 Å². The van der Waals surface area contributed by atoms with Crippen molar-refractivity contribution in [3.8, 4) is 0 Å². The molecule has 0 aromatic carbocycles. The minimum absolute atomic E-state index is 0.0552. The molecule has 18 heavy (non-hydrogen) atoms. The Bertz CT molecular complexity index is 297. The molecule has 0 spiro atoms. The summed E-state index contributed by atoms with van der Waals surface area (Å²) in [5, 5.41) is 9.03. The van der Waals surface area contributed by atoms with E-state index in [4.69, 9.17) is 0 Å². The standard InChI is InChI=1S/C13H23N3O2/c17-12(16-11-1-2-11)5-8-15-13(18)9-10-3-6-14-7-4-10/h10-11,14H,1-9H2,(H,15,18)(H,16,17). The third-order valence-corrected chi connectivity index (χ3v) is 3.55. The highest BCUT2D eigenvalue weighted by Crippen LogP contribution is 2.18. The quantitative estimate of drug-likeness (QED) is 0.631. The van der Waals surface area contributed by atoms with E-state index < -0.39 is 0 Å². The number of nitrogens with one attached hydrogen (secondary N) is 3. The molecule has 0 unspecified atom stereocenters. The number of hydrogen-bond donors (Lipinski definition) is 3. The Balaban J connectivity index is 1.52. The molecule has 5 nitrogen and oxygen atoms in total. The molecule has 3 N–H and O–H groups in total. The molecule has 102 valence electrons. The zero-order valence-electron chi connectivity index (χ0n) is 10.8. The van der Waals surface area contributed by atoms with Gasteiger partial charge in [0.15, 0.2) is 0 Å². The normalized spacial score (nSPS) is 20.4. The zero-order valence-corrected chi connectivity index (χ0v) is 10.8. The Hall–Kier alpha value is -1.10. The molecule has 2 fully saturated rings. The maximum absolute atomic E-state index is 11.7. The molecule has 1 aliphatic heterocycles. The molecule has 0 radical (unpaired) electrons. The molecule has 1 saturated carbocycles. The summed E-state index contributed by atoms with van der Waals surface area (Å²) in [4.78, 5) is 23.1. The number of amides is 2. The minimum Gasteiger partial charge on any atom is -0.356 e. The van der Waals surface area contributed by atoms with E-state index in [1.54, 1.807) is 0 Å². The van der Waals surface area contributed by atoms with Crippen molar-refractivity contribution in [2.45, 2.75) is 44.6 Å². The Labute approximate surface area is 108 Å². The van der Waals surface area contributed by atoms with Crippen LogP contribution in [0.15, 0.2) is 0 Å². The van der Waals surface area contributed by atoms with Gasteiger partial charge in [-0.05, 0) is 44.7 Å². The summed E-state index contributed by atoms with van der Waals surface area (Å²) >= 11 is 0. The van der Waals surface area contributed by atoms with Gasteiger partial charge in [0, 0.05) is 25.4 Å². The van der Waals surface area contributed by atoms with Crippen molar-refractivity contribution in [3.05, 3.63) is 0 Å². The van der Waals surface area contributed by atoms with Crippen molar-refractivity contribution >= 4 is 11.8 Å². The molecule has 0 aromatic rings. The summed E-state index contributed by atoms with van der Waals surface area (Å²) in [6, 6.07) is 0.406. The highest BCUT2D eigenvalue weighted by Gasteiger charge is 2.23. The van der Waals surface area contributed by atoms with Crippen LogP contribution in [0.4, 0.5) is 0 Å². The van der Waals surface area contributed by atoms with E-state index in [1.165, 1.54) is 0 Å². The molecule has 1 heterocycles. The van der Waals surface area contributed by atoms with Crippen LogP contribution < -0.4 is 16.0 Å². The average molecular weight is 253 g/mol. The monoisotopic (exact) mass is 253 g/mol. The van der Waals surface area contributed by atoms with Crippen LogP contribution in [0.3, 0.4) is 0 Å². The van der Waals surface area contributed by atoms with E-state index in [1.807, 2.05) is 0 Å². The molecular weight excluding hydrogens is 230 g/mol. The second-order valence-corrected chi connectivity index (χ2v) is 5.34. The van der Waals surface area contributed by atoms with E-state index >= 15 is 0 Å². The van der Waals surface area contributed by atoms with E-state index in [0.29, 0.717) is 31.3 Å². The lowest BCUT2D eigenvalue weighted by atomic mass is 9.94. The molecule has 2 rings (SSSR count). The fraction of sp³-hybridized carbons (Fsp3) is 0.846. The third-order valence-electron chi connectivity index (χ3n) is 3.55. The number of hydrogen-bond acceptors (Lipinski definition) is 3. The molecule has 5 heteroatoms. The van der Waals surface area contributed by atoms with Gasteiger partial charge in [-0.3, -0.25) is 9.59 Å². The van der Waals surface area contributed by atoms with Crippen molar-refractivity contribution in [1.82, 2.24) is 16.0 Å². The minimum atomic E-state index is 0.0552. The first kappa shape index (κ1) is 13.3. The lowest BCUT2D eigenvalue weighted by molar-refractivity contribution is -0.123. The highest BCUT2D eigenvalue weighted by atomic mass is 16.2. The van der Waals surface area contributed by atoms with Crippen molar-refractivity contribution in [2.24, 2.45) is 5.92 Å². The van der Waals surface area contributed by atoms with Crippen LogP contribution in [0.1, 0.15) is 38.5 Å². The molecule has 2 amide bonds. The van der Waals surface area contributed by atoms with Crippen LogP contribution in [-0.4, -0.2) is 37.5 Å². The second kappa shape index (κ2) is 6.73. The predicted octanol–water partition coefficient (Wildman–Crippen LogP) is 0.161. The van der Waals surface area contributed by atoms with Gasteiger partial charge in [-0.2, -0.15) is 0 Å². The van der Waals surface area contributed by atoms with Gasteiger partial charge in [0.25, 0.3) is 0 Å². The van der Waals surface area contributed by atoms with Gasteiger partial charge in [0.1, 0.15) is 0 Å². The van der Waals surface area contributed by atoms with Crippen LogP contribution >= 0.6 is 0 Å². The summed E-state index contributed by atoms with van der Waals surface area (Å²) in [5.74, 6) is 0.646. The summed E-state index contributed by atoms with van der Waals surface area (Å²) in [7, 11) is 0. The first-order valence-corrected chi connectivity index (χ1v) is 7.01. The van der Waals surface area contributed by atoms with Crippen LogP contribution in [0.5, 0.6) is 0 Å². The lowest BCUT2D eigenvalue weighted by Gasteiger charge is -2.21. The Morgan fingerprint density at radius 2 is 1.78 bits per heavy atom. The predicted molar refractivity (Wildman–Crippen MR) is 69.0 cm³/mol. The maximum Gasteiger partial charge on any atom is 0.221 e. The molecule has 1 aliphatic carbocycles. The Morgan fingerprint density at radius 3 is 2.44 bits per heavy atom. The van der Waals surface area contributed by atoms with E-state index in [9.17, 15) is 9.59 Å². The third kappa shape index (κ3) is 5.04. The van der Waals surface area contributed by atoms with Crippen LogP contribution in [0.25, 0.3) is 0 Å². The number of piperidine rings is 1. The largest absolute Gasteiger partial charge is 0.356 e. The van der Waals surface area contributed by atoms with E-state index in [0.717, 1.165) is 38.8 Å². The van der Waals surface area contributed by atoms with E-state index in [2.05, 4.69) is 16.0 Å². The number of rotatable bonds is 6. The molecule has 2 aliphatic rings. The van der Waals surface area contributed by atoms with Crippen molar-refractivity contribution in [3.63, 3.8) is 0 Å². The summed E-state index contributed by atoms with van der Waals surface area (Å²) in [5.41, 5.74) is 0. The highest BCUT2D eigenvalue weighted by molar-refractivity contribution is 5.79. The molecule has 0 aromatic heterocycles. The smallest absolute Gasteiger partial charge is 0.221 e. The summed E-state index contributed by atoms with van der Waals surface area (Å²) in [6.07, 6.45) is 5.37. The summed E-state index contributed by atoms with van der Waals surface area (Å²) < 4.78 is 0. The van der Waals surface area contributed by atoms with Gasteiger partial charge >= 0.3 is 0 Å². The number of carbonyl (C=O) groups is 2. The molecule has 0 bridgehead atoms. The van der Waals surface area contributed by atoms with Gasteiger partial charge < -0.3 is 16.0 Å². The van der Waals surface area contributed by atoms with Crippen LogP contribution in [0.2, 0.25) is 0 Å². The molecular formula is C13H23N3O2. The Kier molecular flexibility index (Phi) is 4.99. The maximum atomic E-state index is 11.7. The molecule has 0 atom stereocenters. The van der Waals surface area contributed by atoms with Gasteiger partial charge in [0.2, 0.25) is 11.8 Å². The Morgan fingerprint density at radius 1 is 1.06 bits per heavy atom. The zero-order chi connectivity index (χ0) is 12.8. The summed E-state index contributed by atoms with van der Waals surface area (Å²) in [6.45, 7) is 2.49. The van der Waals surface area contributed by atoms with Gasteiger partial charge in [-0.25, -0.2) is 0 Å². The fourth-order valence-corrected chi connectivity index (χ4v) is 2.26. The average Bonchev–Trinajstić information content (AvgIpc) is 3.14. The van der Waals surface area contributed by atoms with Gasteiger partial charge in [-0.15, -0.1) is 0 Å². The van der Waals surface area contributed by atoms with Gasteiger partial charge in [0.05, 0.1) is 0 Å². The fourth-order valence-electron chi connectivity index (χ4n) is 2.26. The topological polar surface area (TPSA) is 70.2 Å². The lowest BCUT2D eigenvalue weighted by Crippen LogP contribution is -2.34. The van der Waals surface area contributed by atoms with Crippen molar-refractivity contribution < 1.29 is 9.59 Å². The second-order valence-electron chi connectivity index (χ2n) is 5.34. The number of carbonyl (C=O) groups excluding carboxylic acids is 2. The van der Waals surface area contributed by atoms with Crippen molar-refractivity contribution in [2.75, 3.05) is 19.6 Å². The van der Waals surface area contributed by atoms with Gasteiger partial charge in [-0.1, -0.05) is 0 Å².